The monoisotopic (exact) mass is 262 g/mol. The summed E-state index contributed by atoms with van der Waals surface area (Å²) in [6, 6.07) is 6.45. The molecule has 1 fully saturated rings. The van der Waals surface area contributed by atoms with Crippen LogP contribution in [0.15, 0.2) is 18.2 Å². The van der Waals surface area contributed by atoms with Crippen molar-refractivity contribution in [2.75, 3.05) is 18.1 Å². The quantitative estimate of drug-likeness (QED) is 0.763. The second kappa shape index (κ2) is 5.70. The van der Waals surface area contributed by atoms with Crippen LogP contribution in [0, 0.1) is 17.1 Å². The zero-order valence-corrected chi connectivity index (χ0v) is 10.7. The van der Waals surface area contributed by atoms with Gasteiger partial charge in [0.05, 0.1) is 12.2 Å². The molecular weight excluding hydrogens is 247 g/mol. The number of carbonyl (C=O) groups is 1. The van der Waals surface area contributed by atoms with Gasteiger partial charge >= 0.3 is 5.97 Å². The second-order valence-electron chi connectivity index (χ2n) is 4.44. The van der Waals surface area contributed by atoms with E-state index in [4.69, 9.17) is 10.00 Å². The first-order valence-corrected chi connectivity index (χ1v) is 6.27. The fourth-order valence-electron chi connectivity index (χ4n) is 1.94. The number of hydrogen-bond acceptors (Lipinski definition) is 4. The SMILES string of the molecule is CCOC(=O)CN(c1ccc(C#N)c(F)c1)C1CC1. The van der Waals surface area contributed by atoms with Crippen LogP contribution in [0.2, 0.25) is 0 Å². The lowest BCUT2D eigenvalue weighted by Gasteiger charge is -2.23. The molecule has 1 aliphatic carbocycles. The molecule has 0 saturated heterocycles. The summed E-state index contributed by atoms with van der Waals surface area (Å²) < 4.78 is 18.5. The fourth-order valence-corrected chi connectivity index (χ4v) is 1.94. The van der Waals surface area contributed by atoms with Gasteiger partial charge in [0, 0.05) is 11.7 Å². The minimum Gasteiger partial charge on any atom is -0.465 e. The van der Waals surface area contributed by atoms with Gasteiger partial charge in [0.2, 0.25) is 0 Å². The highest BCUT2D eigenvalue weighted by Gasteiger charge is 2.31. The van der Waals surface area contributed by atoms with Crippen LogP contribution < -0.4 is 4.90 Å². The van der Waals surface area contributed by atoms with E-state index in [-0.39, 0.29) is 24.1 Å². The smallest absolute Gasteiger partial charge is 0.325 e. The van der Waals surface area contributed by atoms with E-state index in [9.17, 15) is 9.18 Å². The van der Waals surface area contributed by atoms with Gasteiger partial charge in [-0.15, -0.1) is 0 Å². The van der Waals surface area contributed by atoms with Crippen molar-refractivity contribution in [1.29, 1.82) is 5.26 Å². The summed E-state index contributed by atoms with van der Waals surface area (Å²) >= 11 is 0. The number of nitriles is 1. The number of hydrogen-bond donors (Lipinski definition) is 0. The van der Waals surface area contributed by atoms with Gasteiger partial charge in [0.15, 0.2) is 0 Å². The maximum Gasteiger partial charge on any atom is 0.325 e. The molecule has 0 spiro atoms. The van der Waals surface area contributed by atoms with Crippen LogP contribution in [0.4, 0.5) is 10.1 Å². The molecule has 0 bridgehead atoms. The molecule has 100 valence electrons. The lowest BCUT2D eigenvalue weighted by atomic mass is 10.2. The molecule has 1 aromatic carbocycles. The summed E-state index contributed by atoms with van der Waals surface area (Å²) in [5.41, 5.74) is 0.627. The van der Waals surface area contributed by atoms with Crippen molar-refractivity contribution in [3.05, 3.63) is 29.6 Å². The van der Waals surface area contributed by atoms with Crippen molar-refractivity contribution in [3.8, 4) is 6.07 Å². The second-order valence-corrected chi connectivity index (χ2v) is 4.44. The molecule has 2 rings (SSSR count). The van der Waals surface area contributed by atoms with Crippen molar-refractivity contribution < 1.29 is 13.9 Å². The molecular formula is C14H15FN2O2. The minimum absolute atomic E-state index is 0.00984. The molecule has 0 aromatic heterocycles. The number of ether oxygens (including phenoxy) is 1. The molecule has 4 nitrogen and oxygen atoms in total. The van der Waals surface area contributed by atoms with Crippen LogP contribution in [0.5, 0.6) is 0 Å². The van der Waals surface area contributed by atoms with Gasteiger partial charge in [0.25, 0.3) is 0 Å². The van der Waals surface area contributed by atoms with Gasteiger partial charge in [-0.05, 0) is 38.0 Å². The van der Waals surface area contributed by atoms with Crippen LogP contribution in [0.3, 0.4) is 0 Å². The van der Waals surface area contributed by atoms with E-state index in [0.717, 1.165) is 12.8 Å². The Balaban J connectivity index is 2.17. The van der Waals surface area contributed by atoms with Crippen molar-refractivity contribution >= 4 is 11.7 Å². The van der Waals surface area contributed by atoms with E-state index in [1.165, 1.54) is 12.1 Å². The molecule has 0 heterocycles. The van der Waals surface area contributed by atoms with Crippen molar-refractivity contribution in [2.45, 2.75) is 25.8 Å². The Hall–Kier alpha value is -2.09. The normalized spacial score (nSPS) is 13.7. The zero-order valence-electron chi connectivity index (χ0n) is 10.7. The molecule has 0 N–H and O–H groups in total. The summed E-state index contributed by atoms with van der Waals surface area (Å²) in [6.07, 6.45) is 1.97. The third-order valence-corrected chi connectivity index (χ3v) is 3.00. The maximum absolute atomic E-state index is 13.6. The van der Waals surface area contributed by atoms with E-state index < -0.39 is 5.82 Å². The minimum atomic E-state index is -0.561. The Morgan fingerprint density at radius 3 is 2.84 bits per heavy atom. The summed E-state index contributed by atoms with van der Waals surface area (Å²) in [6.45, 7) is 2.20. The van der Waals surface area contributed by atoms with Crippen LogP contribution in [0.1, 0.15) is 25.3 Å². The number of rotatable bonds is 5. The standard InChI is InChI=1S/C14H15FN2O2/c1-2-19-14(18)9-17(11-5-6-11)12-4-3-10(8-16)13(15)7-12/h3-4,7,11H,2,5-6,9H2,1H3. The average Bonchev–Trinajstić information content (AvgIpc) is 3.20. The van der Waals surface area contributed by atoms with E-state index in [1.807, 2.05) is 4.90 Å². The number of halogens is 1. The van der Waals surface area contributed by atoms with Gasteiger partial charge in [-0.2, -0.15) is 5.26 Å². The van der Waals surface area contributed by atoms with Gasteiger partial charge in [0.1, 0.15) is 18.4 Å². The predicted octanol–water partition coefficient (Wildman–Crippen LogP) is 2.23. The molecule has 1 aliphatic rings. The third-order valence-electron chi connectivity index (χ3n) is 3.00. The summed E-state index contributed by atoms with van der Waals surface area (Å²) in [7, 11) is 0. The topological polar surface area (TPSA) is 53.3 Å². The Bertz CT molecular complexity index is 521. The first kappa shape index (κ1) is 13.3. The number of nitrogens with zero attached hydrogens (tertiary/aromatic N) is 2. The molecule has 0 radical (unpaired) electrons. The summed E-state index contributed by atoms with van der Waals surface area (Å²) in [5, 5.41) is 8.71. The highest BCUT2D eigenvalue weighted by Crippen LogP contribution is 2.32. The molecule has 0 aliphatic heterocycles. The lowest BCUT2D eigenvalue weighted by molar-refractivity contribution is -0.141. The Labute approximate surface area is 111 Å². The van der Waals surface area contributed by atoms with Crippen LogP contribution in [-0.4, -0.2) is 25.2 Å². The molecule has 5 heteroatoms. The fraction of sp³-hybridized carbons (Fsp3) is 0.429. The number of carbonyl (C=O) groups excluding carboxylic acids is 1. The van der Waals surface area contributed by atoms with Crippen molar-refractivity contribution in [2.24, 2.45) is 0 Å². The molecule has 1 aromatic rings. The Morgan fingerprint density at radius 1 is 1.58 bits per heavy atom. The lowest BCUT2D eigenvalue weighted by Crippen LogP contribution is -2.33. The number of esters is 1. The van der Waals surface area contributed by atoms with Crippen molar-refractivity contribution in [1.82, 2.24) is 0 Å². The predicted molar refractivity (Wildman–Crippen MR) is 68.1 cm³/mol. The van der Waals surface area contributed by atoms with Gasteiger partial charge in [-0.25, -0.2) is 4.39 Å². The summed E-state index contributed by atoms with van der Waals surface area (Å²) in [5.74, 6) is -0.881. The van der Waals surface area contributed by atoms with Crippen LogP contribution in [-0.2, 0) is 9.53 Å². The maximum atomic E-state index is 13.6. The Morgan fingerprint density at radius 2 is 2.32 bits per heavy atom. The van der Waals surface area contributed by atoms with Crippen molar-refractivity contribution in [3.63, 3.8) is 0 Å². The van der Waals surface area contributed by atoms with Crippen LogP contribution in [0.25, 0.3) is 0 Å². The third kappa shape index (κ3) is 3.22. The average molecular weight is 262 g/mol. The highest BCUT2D eigenvalue weighted by molar-refractivity contribution is 5.76. The Kier molecular flexibility index (Phi) is 4.00. The van der Waals surface area contributed by atoms with Gasteiger partial charge in [-0.1, -0.05) is 0 Å². The highest BCUT2D eigenvalue weighted by atomic mass is 19.1. The largest absolute Gasteiger partial charge is 0.465 e. The number of benzene rings is 1. The summed E-state index contributed by atoms with van der Waals surface area (Å²) in [4.78, 5) is 13.4. The molecule has 0 amide bonds. The molecule has 1 saturated carbocycles. The van der Waals surface area contributed by atoms with E-state index >= 15 is 0 Å². The first-order chi connectivity index (χ1) is 9.15. The van der Waals surface area contributed by atoms with Gasteiger partial charge < -0.3 is 9.64 Å². The van der Waals surface area contributed by atoms with E-state index in [2.05, 4.69) is 0 Å². The molecule has 19 heavy (non-hydrogen) atoms. The zero-order chi connectivity index (χ0) is 13.8. The van der Waals surface area contributed by atoms with Crippen LogP contribution >= 0.6 is 0 Å². The van der Waals surface area contributed by atoms with E-state index in [0.29, 0.717) is 12.3 Å². The molecule has 0 unspecified atom stereocenters. The molecule has 0 atom stereocenters. The first-order valence-electron chi connectivity index (χ1n) is 6.27. The number of anilines is 1. The van der Waals surface area contributed by atoms with E-state index in [1.54, 1.807) is 19.1 Å². The van der Waals surface area contributed by atoms with Gasteiger partial charge in [-0.3, -0.25) is 4.79 Å².